The van der Waals surface area contributed by atoms with Crippen LogP contribution in [0.5, 0.6) is 0 Å². The predicted octanol–water partition coefficient (Wildman–Crippen LogP) is 2.30. The van der Waals surface area contributed by atoms with Crippen molar-refractivity contribution in [3.8, 4) is 12.1 Å². The first-order chi connectivity index (χ1) is 9.56. The summed E-state index contributed by atoms with van der Waals surface area (Å²) >= 11 is 5.80. The molecule has 1 aromatic carbocycles. The zero-order valence-electron chi connectivity index (χ0n) is 10.5. The van der Waals surface area contributed by atoms with Crippen LogP contribution >= 0.6 is 11.6 Å². The van der Waals surface area contributed by atoms with E-state index in [0.29, 0.717) is 10.6 Å². The second-order valence-electron chi connectivity index (χ2n) is 4.07. The number of benzene rings is 1. The van der Waals surface area contributed by atoms with E-state index in [1.165, 1.54) is 13.2 Å². The lowest BCUT2D eigenvalue weighted by Gasteiger charge is -2.17. The number of halogens is 1. The third-order valence-corrected chi connectivity index (χ3v) is 3.17. The molecule has 0 radical (unpaired) electrons. The maximum absolute atomic E-state index is 11.7. The van der Waals surface area contributed by atoms with Crippen molar-refractivity contribution in [2.45, 2.75) is 11.7 Å². The molecule has 0 aliphatic carbocycles. The van der Waals surface area contributed by atoms with Crippen LogP contribution in [0.25, 0.3) is 0 Å². The van der Waals surface area contributed by atoms with Gasteiger partial charge >= 0.3 is 5.97 Å². The maximum atomic E-state index is 11.7. The highest BCUT2D eigenvalue weighted by Gasteiger charge is 2.48. The first-order valence-electron chi connectivity index (χ1n) is 5.62. The zero-order valence-corrected chi connectivity index (χ0v) is 11.2. The van der Waals surface area contributed by atoms with Crippen LogP contribution < -0.4 is 0 Å². The van der Waals surface area contributed by atoms with E-state index in [4.69, 9.17) is 16.3 Å². The van der Waals surface area contributed by atoms with Gasteiger partial charge < -0.3 is 9.47 Å². The third kappa shape index (κ3) is 2.25. The van der Waals surface area contributed by atoms with Crippen LogP contribution in [0.1, 0.15) is 11.7 Å². The van der Waals surface area contributed by atoms with Crippen LogP contribution in [0.15, 0.2) is 35.9 Å². The van der Waals surface area contributed by atoms with Gasteiger partial charge in [-0.2, -0.15) is 10.5 Å². The average molecular weight is 289 g/mol. The van der Waals surface area contributed by atoms with Crippen molar-refractivity contribution in [2.24, 2.45) is 0 Å². The maximum Gasteiger partial charge on any atom is 0.338 e. The Balaban J connectivity index is 2.44. The summed E-state index contributed by atoms with van der Waals surface area (Å²) in [6, 6.07) is 10.2. The Labute approximate surface area is 120 Å². The van der Waals surface area contributed by atoms with Crippen LogP contribution in [-0.2, 0) is 14.3 Å². The summed E-state index contributed by atoms with van der Waals surface area (Å²) in [5.74, 6) is -0.760. The van der Waals surface area contributed by atoms with Crippen LogP contribution in [0, 0.1) is 22.7 Å². The molecule has 1 atom stereocenters. The van der Waals surface area contributed by atoms with Gasteiger partial charge in [-0.3, -0.25) is 0 Å². The molecule has 6 heteroatoms. The molecule has 100 valence electrons. The molecule has 0 saturated carbocycles. The Hall–Kier alpha value is -2.34. The molecule has 0 amide bonds. The number of methoxy groups -OCH3 is 1. The van der Waals surface area contributed by atoms with E-state index in [9.17, 15) is 15.3 Å². The van der Waals surface area contributed by atoms with Gasteiger partial charge in [0.15, 0.2) is 0 Å². The molecule has 1 heterocycles. The van der Waals surface area contributed by atoms with E-state index in [1.54, 1.807) is 36.4 Å². The normalized spacial score (nSPS) is 19.6. The highest BCUT2D eigenvalue weighted by molar-refractivity contribution is 6.30. The van der Waals surface area contributed by atoms with Gasteiger partial charge in [0.25, 0.3) is 5.60 Å². The van der Waals surface area contributed by atoms with Gasteiger partial charge in [0, 0.05) is 5.02 Å². The van der Waals surface area contributed by atoms with Gasteiger partial charge in [-0.05, 0) is 23.8 Å². The monoisotopic (exact) mass is 288 g/mol. The molecule has 1 unspecified atom stereocenters. The SMILES string of the molecule is COC(=O)C1=CC(c2ccc(Cl)cc2)OC1(C#N)C#N. The number of carbonyl (C=O) groups is 1. The van der Waals surface area contributed by atoms with Gasteiger partial charge in [-0.25, -0.2) is 4.79 Å². The average Bonchev–Trinajstić information content (AvgIpc) is 2.87. The smallest absolute Gasteiger partial charge is 0.338 e. The first kappa shape index (κ1) is 14.1. The summed E-state index contributed by atoms with van der Waals surface area (Å²) in [4.78, 5) is 11.7. The van der Waals surface area contributed by atoms with Crippen molar-refractivity contribution in [1.29, 1.82) is 10.5 Å². The molecule has 0 bridgehead atoms. The van der Waals surface area contributed by atoms with Crippen LogP contribution in [-0.4, -0.2) is 18.7 Å². The fraction of sp³-hybridized carbons (Fsp3) is 0.214. The van der Waals surface area contributed by atoms with Gasteiger partial charge in [0.1, 0.15) is 18.2 Å². The Kier molecular flexibility index (Phi) is 3.76. The van der Waals surface area contributed by atoms with Crippen molar-refractivity contribution in [1.82, 2.24) is 0 Å². The van der Waals surface area contributed by atoms with E-state index < -0.39 is 17.7 Å². The van der Waals surface area contributed by atoms with E-state index in [2.05, 4.69) is 4.74 Å². The van der Waals surface area contributed by atoms with Crippen molar-refractivity contribution in [3.63, 3.8) is 0 Å². The Morgan fingerprint density at radius 2 is 1.95 bits per heavy atom. The Morgan fingerprint density at radius 3 is 2.45 bits per heavy atom. The van der Waals surface area contributed by atoms with E-state index in [1.807, 2.05) is 0 Å². The summed E-state index contributed by atoms with van der Waals surface area (Å²) in [5.41, 5.74) is -1.37. The molecule has 1 aliphatic heterocycles. The zero-order chi connectivity index (χ0) is 14.8. The molecule has 0 fully saturated rings. The van der Waals surface area contributed by atoms with Crippen LogP contribution in [0.2, 0.25) is 5.02 Å². The van der Waals surface area contributed by atoms with Crippen molar-refractivity contribution < 1.29 is 14.3 Å². The molecular weight excluding hydrogens is 280 g/mol. The molecular formula is C14H9ClN2O3. The number of hydrogen-bond acceptors (Lipinski definition) is 5. The predicted molar refractivity (Wildman–Crippen MR) is 69.3 cm³/mol. The summed E-state index contributed by atoms with van der Waals surface area (Å²) in [7, 11) is 1.18. The van der Waals surface area contributed by atoms with Gasteiger partial charge in [0.2, 0.25) is 0 Å². The minimum absolute atomic E-state index is 0.107. The standard InChI is InChI=1S/C14H9ClN2O3/c1-19-13(18)11-6-12(20-14(11,7-16)8-17)9-2-4-10(15)5-3-9/h2-6,12H,1H3. The summed E-state index contributed by atoms with van der Waals surface area (Å²) in [6.45, 7) is 0. The number of nitriles is 2. The van der Waals surface area contributed by atoms with Crippen LogP contribution in [0.4, 0.5) is 0 Å². The molecule has 20 heavy (non-hydrogen) atoms. The first-order valence-corrected chi connectivity index (χ1v) is 6.00. The van der Waals surface area contributed by atoms with Gasteiger partial charge in [-0.1, -0.05) is 23.7 Å². The summed E-state index contributed by atoms with van der Waals surface area (Å²) in [5, 5.41) is 18.9. The molecule has 0 spiro atoms. The van der Waals surface area contributed by atoms with Crippen molar-refractivity contribution in [3.05, 3.63) is 46.5 Å². The number of rotatable bonds is 2. The molecule has 2 rings (SSSR count). The van der Waals surface area contributed by atoms with Crippen LogP contribution in [0.3, 0.4) is 0 Å². The lowest BCUT2D eigenvalue weighted by molar-refractivity contribution is -0.137. The third-order valence-electron chi connectivity index (χ3n) is 2.92. The highest BCUT2D eigenvalue weighted by atomic mass is 35.5. The number of ether oxygens (including phenoxy) is 2. The summed E-state index contributed by atoms with van der Waals surface area (Å²) < 4.78 is 10.0. The Bertz CT molecular complexity index is 638. The quantitative estimate of drug-likeness (QED) is 0.780. The fourth-order valence-corrected chi connectivity index (χ4v) is 2.02. The largest absolute Gasteiger partial charge is 0.466 e. The van der Waals surface area contributed by atoms with Crippen molar-refractivity contribution in [2.75, 3.05) is 7.11 Å². The van der Waals surface area contributed by atoms with E-state index in [-0.39, 0.29) is 5.57 Å². The van der Waals surface area contributed by atoms with Gasteiger partial charge in [0.05, 0.1) is 12.7 Å². The lowest BCUT2D eigenvalue weighted by atomic mass is 9.98. The van der Waals surface area contributed by atoms with Gasteiger partial charge in [-0.15, -0.1) is 0 Å². The number of esters is 1. The molecule has 0 saturated heterocycles. The molecule has 1 aromatic rings. The second kappa shape index (κ2) is 5.34. The van der Waals surface area contributed by atoms with E-state index >= 15 is 0 Å². The second-order valence-corrected chi connectivity index (χ2v) is 4.50. The van der Waals surface area contributed by atoms with Crippen molar-refractivity contribution >= 4 is 17.6 Å². The summed E-state index contributed by atoms with van der Waals surface area (Å²) in [6.07, 6.45) is 0.738. The highest BCUT2D eigenvalue weighted by Crippen LogP contribution is 2.38. The minimum Gasteiger partial charge on any atom is -0.466 e. The molecule has 1 aliphatic rings. The lowest BCUT2D eigenvalue weighted by Crippen LogP contribution is -2.31. The number of nitrogens with zero attached hydrogens (tertiary/aromatic N) is 2. The number of carbonyl (C=O) groups excluding carboxylic acids is 1. The Morgan fingerprint density at radius 1 is 1.35 bits per heavy atom. The molecule has 0 N–H and O–H groups in total. The van der Waals surface area contributed by atoms with E-state index in [0.717, 1.165) is 0 Å². The minimum atomic E-state index is -1.95. The number of hydrogen-bond donors (Lipinski definition) is 0. The molecule has 0 aromatic heterocycles. The molecule has 5 nitrogen and oxygen atoms in total. The topological polar surface area (TPSA) is 83.1 Å². The fourth-order valence-electron chi connectivity index (χ4n) is 1.89.